The molecule has 0 fully saturated rings. The number of amides is 1. The highest BCUT2D eigenvalue weighted by Gasteiger charge is 2.02. The largest absolute Gasteiger partial charge is 0.369 e. The first-order valence-electron chi connectivity index (χ1n) is 2.36. The van der Waals surface area contributed by atoms with Gasteiger partial charge in [0.05, 0.1) is 6.42 Å². The minimum atomic E-state index is -0.698. The van der Waals surface area contributed by atoms with Crippen molar-refractivity contribution in [2.24, 2.45) is 5.73 Å². The maximum absolute atomic E-state index is 10.5. The Balaban J connectivity index is 3.88. The first kappa shape index (κ1) is 9.46. The van der Waals surface area contributed by atoms with E-state index < -0.39 is 11.7 Å². The van der Waals surface area contributed by atoms with Crippen molar-refractivity contribution >= 4 is 34.9 Å². The number of primary amides is 1. The lowest BCUT2D eigenvalue weighted by atomic mass is 10.3. The topological polar surface area (TPSA) is 60.2 Å². The highest BCUT2D eigenvalue weighted by molar-refractivity contribution is 6.56. The summed E-state index contributed by atoms with van der Waals surface area (Å²) < 4.78 is -0.175. The second-order valence-electron chi connectivity index (χ2n) is 1.54. The van der Waals surface area contributed by atoms with Gasteiger partial charge >= 0.3 is 0 Å². The predicted octanol–water partition coefficient (Wildman–Crippen LogP) is 0.750. The molecular weight excluding hydrogens is 177 g/mol. The highest BCUT2D eigenvalue weighted by atomic mass is 35.5. The number of allylic oxidation sites excluding steroid dienone is 1. The Morgan fingerprint density at radius 1 is 1.40 bits per heavy atom. The molecule has 3 nitrogen and oxygen atoms in total. The lowest BCUT2D eigenvalue weighted by Crippen LogP contribution is -2.14. The molecule has 0 unspecified atom stereocenters. The SMILES string of the molecule is NC(=O)CC(=O)C=C(Cl)Cl. The fraction of sp³-hybridized carbons (Fsp3) is 0.200. The van der Waals surface area contributed by atoms with Gasteiger partial charge in [-0.05, 0) is 0 Å². The Hall–Kier alpha value is -0.540. The first-order chi connectivity index (χ1) is 4.52. The predicted molar refractivity (Wildman–Crippen MR) is 38.6 cm³/mol. The van der Waals surface area contributed by atoms with E-state index in [2.05, 4.69) is 0 Å². The van der Waals surface area contributed by atoms with E-state index in [0.29, 0.717) is 0 Å². The third-order valence-electron chi connectivity index (χ3n) is 0.619. The van der Waals surface area contributed by atoms with Crippen LogP contribution in [0.5, 0.6) is 0 Å². The highest BCUT2D eigenvalue weighted by Crippen LogP contribution is 2.06. The number of carbonyl (C=O) groups is 2. The van der Waals surface area contributed by atoms with Crippen LogP contribution < -0.4 is 5.73 Å². The minimum Gasteiger partial charge on any atom is -0.369 e. The zero-order valence-corrected chi connectivity index (χ0v) is 6.45. The van der Waals surface area contributed by atoms with Gasteiger partial charge in [-0.15, -0.1) is 0 Å². The van der Waals surface area contributed by atoms with E-state index in [4.69, 9.17) is 28.9 Å². The molecule has 0 heterocycles. The van der Waals surface area contributed by atoms with E-state index in [1.807, 2.05) is 0 Å². The van der Waals surface area contributed by atoms with Crippen molar-refractivity contribution < 1.29 is 9.59 Å². The molecule has 56 valence electrons. The van der Waals surface area contributed by atoms with Gasteiger partial charge < -0.3 is 5.73 Å². The molecule has 0 spiro atoms. The van der Waals surface area contributed by atoms with E-state index in [1.165, 1.54) is 0 Å². The molecule has 10 heavy (non-hydrogen) atoms. The second kappa shape index (κ2) is 4.30. The Kier molecular flexibility index (Phi) is 4.07. The van der Waals surface area contributed by atoms with Gasteiger partial charge in [0, 0.05) is 6.08 Å². The van der Waals surface area contributed by atoms with Crippen LogP contribution in [0, 0.1) is 0 Å². The van der Waals surface area contributed by atoms with Crippen LogP contribution in [0.25, 0.3) is 0 Å². The number of rotatable bonds is 3. The average molecular weight is 182 g/mol. The maximum Gasteiger partial charge on any atom is 0.225 e. The molecule has 5 heteroatoms. The monoisotopic (exact) mass is 181 g/mol. The lowest BCUT2D eigenvalue weighted by molar-refractivity contribution is -0.124. The van der Waals surface area contributed by atoms with Gasteiger partial charge in [-0.3, -0.25) is 9.59 Å². The summed E-state index contributed by atoms with van der Waals surface area (Å²) in [4.78, 5) is 20.6. The number of nitrogens with two attached hydrogens (primary N) is 1. The molecule has 0 aromatic carbocycles. The van der Waals surface area contributed by atoms with Gasteiger partial charge in [-0.1, -0.05) is 23.2 Å². The summed E-state index contributed by atoms with van der Waals surface area (Å²) in [5.41, 5.74) is 4.69. The summed E-state index contributed by atoms with van der Waals surface area (Å²) in [6.07, 6.45) is 0.580. The third-order valence-corrected chi connectivity index (χ3v) is 0.837. The minimum absolute atomic E-state index is 0.175. The molecule has 0 rings (SSSR count). The van der Waals surface area contributed by atoms with E-state index >= 15 is 0 Å². The maximum atomic E-state index is 10.5. The Morgan fingerprint density at radius 3 is 2.20 bits per heavy atom. The van der Waals surface area contributed by atoms with Crippen molar-refractivity contribution in [1.82, 2.24) is 0 Å². The fourth-order valence-corrected chi connectivity index (χ4v) is 0.588. The molecule has 0 atom stereocenters. The normalized spacial score (nSPS) is 8.60. The van der Waals surface area contributed by atoms with E-state index in [-0.39, 0.29) is 10.9 Å². The van der Waals surface area contributed by atoms with Crippen LogP contribution in [0.3, 0.4) is 0 Å². The molecule has 0 saturated carbocycles. The quantitative estimate of drug-likeness (QED) is 0.517. The van der Waals surface area contributed by atoms with Crippen molar-refractivity contribution in [2.45, 2.75) is 6.42 Å². The molecular formula is C5H5Cl2NO2. The molecule has 0 radical (unpaired) electrons. The summed E-state index contributed by atoms with van der Waals surface area (Å²) in [6, 6.07) is 0. The van der Waals surface area contributed by atoms with Crippen LogP contribution in [0.2, 0.25) is 0 Å². The number of hydrogen-bond acceptors (Lipinski definition) is 2. The molecule has 2 N–H and O–H groups in total. The van der Waals surface area contributed by atoms with E-state index in [1.54, 1.807) is 0 Å². The Morgan fingerprint density at radius 2 is 1.90 bits per heavy atom. The smallest absolute Gasteiger partial charge is 0.225 e. The summed E-state index contributed by atoms with van der Waals surface area (Å²) in [5, 5.41) is 0. The average Bonchev–Trinajstić information content (AvgIpc) is 1.58. The first-order valence-corrected chi connectivity index (χ1v) is 3.12. The van der Waals surface area contributed by atoms with E-state index in [9.17, 15) is 9.59 Å². The molecule has 0 bridgehead atoms. The van der Waals surface area contributed by atoms with Crippen LogP contribution in [-0.2, 0) is 9.59 Å². The van der Waals surface area contributed by atoms with Crippen LogP contribution in [0.4, 0.5) is 0 Å². The molecule has 0 aromatic rings. The van der Waals surface area contributed by atoms with Crippen molar-refractivity contribution in [3.8, 4) is 0 Å². The number of carbonyl (C=O) groups excluding carboxylic acids is 2. The van der Waals surface area contributed by atoms with Crippen molar-refractivity contribution in [2.75, 3.05) is 0 Å². The van der Waals surface area contributed by atoms with Crippen molar-refractivity contribution in [3.05, 3.63) is 10.6 Å². The summed E-state index contributed by atoms with van der Waals surface area (Å²) in [7, 11) is 0. The van der Waals surface area contributed by atoms with Crippen LogP contribution in [0.1, 0.15) is 6.42 Å². The molecule has 1 amide bonds. The van der Waals surface area contributed by atoms with Gasteiger partial charge in [0.15, 0.2) is 5.78 Å². The van der Waals surface area contributed by atoms with Crippen molar-refractivity contribution in [3.63, 3.8) is 0 Å². The van der Waals surface area contributed by atoms with Gasteiger partial charge in [0.1, 0.15) is 4.49 Å². The number of halogens is 2. The molecule has 0 aliphatic carbocycles. The Labute approximate surface area is 67.8 Å². The van der Waals surface area contributed by atoms with Crippen molar-refractivity contribution in [1.29, 1.82) is 0 Å². The fourth-order valence-electron chi connectivity index (χ4n) is 0.344. The standard InChI is InChI=1S/C5H5Cl2NO2/c6-4(7)1-3(9)2-5(8)10/h1H,2H2,(H2,8,10). The zero-order chi connectivity index (χ0) is 8.15. The second-order valence-corrected chi connectivity index (χ2v) is 2.55. The molecule has 0 aromatic heterocycles. The van der Waals surface area contributed by atoms with Crippen LogP contribution >= 0.6 is 23.2 Å². The van der Waals surface area contributed by atoms with Gasteiger partial charge in [-0.25, -0.2) is 0 Å². The number of hydrogen-bond donors (Lipinski definition) is 1. The molecule has 0 aliphatic rings. The summed E-state index contributed by atoms with van der Waals surface area (Å²) >= 11 is 10.2. The summed E-state index contributed by atoms with van der Waals surface area (Å²) in [6.45, 7) is 0. The Bertz CT molecular complexity index is 184. The van der Waals surface area contributed by atoms with Gasteiger partial charge in [-0.2, -0.15) is 0 Å². The third kappa shape index (κ3) is 5.59. The van der Waals surface area contributed by atoms with E-state index in [0.717, 1.165) is 6.08 Å². The van der Waals surface area contributed by atoms with Gasteiger partial charge in [0.25, 0.3) is 0 Å². The lowest BCUT2D eigenvalue weighted by Gasteiger charge is -1.87. The zero-order valence-electron chi connectivity index (χ0n) is 4.93. The van der Waals surface area contributed by atoms with Crippen LogP contribution in [-0.4, -0.2) is 11.7 Å². The van der Waals surface area contributed by atoms with Crippen LogP contribution in [0.15, 0.2) is 10.6 Å². The molecule has 0 saturated heterocycles. The molecule has 0 aliphatic heterocycles. The van der Waals surface area contributed by atoms with Gasteiger partial charge in [0.2, 0.25) is 5.91 Å². The number of ketones is 1. The summed E-state index contributed by atoms with van der Waals surface area (Å²) in [5.74, 6) is -1.19.